The first-order chi connectivity index (χ1) is 8.20. The summed E-state index contributed by atoms with van der Waals surface area (Å²) in [6.07, 6.45) is 1.36. The molecule has 1 aliphatic rings. The van der Waals surface area contributed by atoms with Crippen LogP contribution in [0.4, 0.5) is 0 Å². The van der Waals surface area contributed by atoms with Crippen LogP contribution >= 0.6 is 0 Å². The smallest absolute Gasteiger partial charge is 0.135 e. The minimum atomic E-state index is 0.334. The van der Waals surface area contributed by atoms with Crippen molar-refractivity contribution in [3.05, 3.63) is 29.8 Å². The Bertz CT molecular complexity index is 403. The van der Waals surface area contributed by atoms with Crippen LogP contribution < -0.4 is 4.74 Å². The van der Waals surface area contributed by atoms with Gasteiger partial charge in [0.15, 0.2) is 0 Å². The number of ether oxygens (including phenoxy) is 1. The van der Waals surface area contributed by atoms with Crippen LogP contribution in [0, 0.1) is 0 Å². The van der Waals surface area contributed by atoms with Gasteiger partial charge in [0.25, 0.3) is 0 Å². The second kappa shape index (κ2) is 5.32. The number of para-hydroxylation sites is 1. The highest BCUT2D eigenvalue weighted by Crippen LogP contribution is 2.23. The summed E-state index contributed by atoms with van der Waals surface area (Å²) in [7, 11) is 1.70. The number of hydrogen-bond acceptors (Lipinski definition) is 3. The van der Waals surface area contributed by atoms with Gasteiger partial charge in [-0.3, -0.25) is 9.69 Å². The molecule has 1 aromatic carbocycles. The van der Waals surface area contributed by atoms with E-state index < -0.39 is 0 Å². The molecule has 92 valence electrons. The predicted octanol–water partition coefficient (Wildman–Crippen LogP) is 2.25. The second-order valence-electron chi connectivity index (χ2n) is 4.62. The zero-order valence-corrected chi connectivity index (χ0v) is 10.5. The number of carbonyl (C=O) groups excluding carboxylic acids is 1. The summed E-state index contributed by atoms with van der Waals surface area (Å²) in [6, 6.07) is 8.40. The van der Waals surface area contributed by atoms with Gasteiger partial charge in [-0.15, -0.1) is 0 Å². The summed E-state index contributed by atoms with van der Waals surface area (Å²) < 4.78 is 5.35. The van der Waals surface area contributed by atoms with Crippen molar-refractivity contribution < 1.29 is 9.53 Å². The number of rotatable bonds is 3. The molecular formula is C14H19NO2. The summed E-state index contributed by atoms with van der Waals surface area (Å²) in [5.41, 5.74) is 1.19. The molecule has 1 aliphatic heterocycles. The quantitative estimate of drug-likeness (QED) is 0.802. The number of ketones is 1. The molecule has 1 fully saturated rings. The summed E-state index contributed by atoms with van der Waals surface area (Å²) in [4.78, 5) is 13.7. The van der Waals surface area contributed by atoms with Gasteiger partial charge >= 0.3 is 0 Å². The first-order valence-corrected chi connectivity index (χ1v) is 6.08. The number of Topliss-reactive ketones (excluding diaryl/α,β-unsaturated/α-hetero) is 1. The van der Waals surface area contributed by atoms with Crippen LogP contribution in [-0.4, -0.2) is 30.4 Å². The maximum absolute atomic E-state index is 11.3. The minimum Gasteiger partial charge on any atom is -0.496 e. The minimum absolute atomic E-state index is 0.334. The second-order valence-corrected chi connectivity index (χ2v) is 4.62. The van der Waals surface area contributed by atoms with Crippen molar-refractivity contribution in [3.8, 4) is 5.75 Å². The standard InChI is InChI=1S/C14H19NO2/c1-11-9-13(16)7-8-15(11)10-12-5-3-4-6-14(12)17-2/h3-6,11H,7-10H2,1-2H3. The van der Waals surface area contributed by atoms with Gasteiger partial charge in [0.2, 0.25) is 0 Å². The molecular weight excluding hydrogens is 214 g/mol. The van der Waals surface area contributed by atoms with Gasteiger partial charge in [-0.05, 0) is 13.0 Å². The lowest BCUT2D eigenvalue weighted by atomic mass is 10.0. The van der Waals surface area contributed by atoms with E-state index in [0.717, 1.165) is 18.8 Å². The molecule has 1 unspecified atom stereocenters. The fraction of sp³-hybridized carbons (Fsp3) is 0.500. The molecule has 0 amide bonds. The van der Waals surface area contributed by atoms with Crippen molar-refractivity contribution in [2.45, 2.75) is 32.4 Å². The molecule has 0 aliphatic carbocycles. The van der Waals surface area contributed by atoms with E-state index in [4.69, 9.17) is 4.74 Å². The van der Waals surface area contributed by atoms with Crippen LogP contribution in [0.3, 0.4) is 0 Å². The fourth-order valence-electron chi connectivity index (χ4n) is 2.34. The van der Waals surface area contributed by atoms with Crippen molar-refractivity contribution in [3.63, 3.8) is 0 Å². The zero-order valence-electron chi connectivity index (χ0n) is 10.5. The fourth-order valence-corrected chi connectivity index (χ4v) is 2.34. The average molecular weight is 233 g/mol. The highest BCUT2D eigenvalue weighted by atomic mass is 16.5. The highest BCUT2D eigenvalue weighted by molar-refractivity contribution is 5.79. The number of hydrogen-bond donors (Lipinski definition) is 0. The SMILES string of the molecule is COc1ccccc1CN1CCC(=O)CC1C. The van der Waals surface area contributed by atoms with E-state index in [1.807, 2.05) is 18.2 Å². The lowest BCUT2D eigenvalue weighted by molar-refractivity contribution is -0.123. The first-order valence-electron chi connectivity index (χ1n) is 6.08. The van der Waals surface area contributed by atoms with Crippen LogP contribution in [0.15, 0.2) is 24.3 Å². The summed E-state index contributed by atoms with van der Waals surface area (Å²) in [6.45, 7) is 3.84. The molecule has 3 nitrogen and oxygen atoms in total. The topological polar surface area (TPSA) is 29.5 Å². The van der Waals surface area contributed by atoms with E-state index in [1.165, 1.54) is 5.56 Å². The Morgan fingerprint density at radius 1 is 1.41 bits per heavy atom. The Morgan fingerprint density at radius 2 is 2.18 bits per heavy atom. The summed E-state index contributed by atoms with van der Waals surface area (Å²) >= 11 is 0. The zero-order chi connectivity index (χ0) is 12.3. The van der Waals surface area contributed by atoms with Crippen LogP contribution in [0.1, 0.15) is 25.3 Å². The summed E-state index contributed by atoms with van der Waals surface area (Å²) in [5.74, 6) is 1.31. The molecule has 0 aromatic heterocycles. The lowest BCUT2D eigenvalue weighted by Crippen LogP contribution is -2.40. The molecule has 1 heterocycles. The lowest BCUT2D eigenvalue weighted by Gasteiger charge is -2.32. The van der Waals surface area contributed by atoms with Crippen molar-refractivity contribution in [2.24, 2.45) is 0 Å². The van der Waals surface area contributed by atoms with Crippen molar-refractivity contribution in [1.29, 1.82) is 0 Å². The maximum Gasteiger partial charge on any atom is 0.135 e. The molecule has 0 bridgehead atoms. The highest BCUT2D eigenvalue weighted by Gasteiger charge is 2.23. The van der Waals surface area contributed by atoms with Gasteiger partial charge in [0.05, 0.1) is 7.11 Å². The van der Waals surface area contributed by atoms with Crippen LogP contribution in [0.2, 0.25) is 0 Å². The third kappa shape index (κ3) is 2.86. The molecule has 1 aromatic rings. The molecule has 3 heteroatoms. The third-order valence-electron chi connectivity index (χ3n) is 3.39. The van der Waals surface area contributed by atoms with E-state index in [0.29, 0.717) is 24.7 Å². The summed E-state index contributed by atoms with van der Waals surface area (Å²) in [5, 5.41) is 0. The van der Waals surface area contributed by atoms with Gasteiger partial charge in [0.1, 0.15) is 11.5 Å². The molecule has 0 radical (unpaired) electrons. The Labute approximate surface area is 102 Å². The molecule has 17 heavy (non-hydrogen) atoms. The van der Waals surface area contributed by atoms with Crippen LogP contribution in [0.25, 0.3) is 0 Å². The monoisotopic (exact) mass is 233 g/mol. The Balaban J connectivity index is 2.07. The number of benzene rings is 1. The van der Waals surface area contributed by atoms with Crippen molar-refractivity contribution in [2.75, 3.05) is 13.7 Å². The van der Waals surface area contributed by atoms with E-state index in [9.17, 15) is 4.79 Å². The maximum atomic E-state index is 11.3. The Kier molecular flexibility index (Phi) is 3.79. The number of carbonyl (C=O) groups is 1. The van der Waals surface area contributed by atoms with Crippen molar-refractivity contribution in [1.82, 2.24) is 4.90 Å². The van der Waals surface area contributed by atoms with Crippen molar-refractivity contribution >= 4 is 5.78 Å². The van der Waals surface area contributed by atoms with E-state index >= 15 is 0 Å². The van der Waals surface area contributed by atoms with Gasteiger partial charge < -0.3 is 4.74 Å². The van der Waals surface area contributed by atoms with Gasteiger partial charge in [-0.1, -0.05) is 18.2 Å². The van der Waals surface area contributed by atoms with Gasteiger partial charge in [0, 0.05) is 37.5 Å². The van der Waals surface area contributed by atoms with E-state index in [1.54, 1.807) is 7.11 Å². The number of methoxy groups -OCH3 is 1. The molecule has 0 spiro atoms. The first kappa shape index (κ1) is 12.1. The van der Waals surface area contributed by atoms with Crippen LogP contribution in [0.5, 0.6) is 5.75 Å². The number of piperidine rings is 1. The number of nitrogens with zero attached hydrogens (tertiary/aromatic N) is 1. The van der Waals surface area contributed by atoms with E-state index in [2.05, 4.69) is 17.9 Å². The van der Waals surface area contributed by atoms with Gasteiger partial charge in [-0.2, -0.15) is 0 Å². The molecule has 1 saturated heterocycles. The largest absolute Gasteiger partial charge is 0.496 e. The Hall–Kier alpha value is -1.35. The molecule has 0 N–H and O–H groups in total. The predicted molar refractivity (Wildman–Crippen MR) is 67.1 cm³/mol. The Morgan fingerprint density at radius 3 is 2.88 bits per heavy atom. The molecule has 0 saturated carbocycles. The molecule has 2 rings (SSSR count). The third-order valence-corrected chi connectivity index (χ3v) is 3.39. The molecule has 1 atom stereocenters. The van der Waals surface area contributed by atoms with Gasteiger partial charge in [-0.25, -0.2) is 0 Å². The van der Waals surface area contributed by atoms with Crippen LogP contribution in [-0.2, 0) is 11.3 Å². The number of likely N-dealkylation sites (tertiary alicyclic amines) is 1. The normalized spacial score (nSPS) is 21.5. The average Bonchev–Trinajstić information content (AvgIpc) is 2.33. The van der Waals surface area contributed by atoms with E-state index in [-0.39, 0.29) is 0 Å².